The van der Waals surface area contributed by atoms with Gasteiger partial charge in [0.2, 0.25) is 5.90 Å². The average Bonchev–Trinajstić information content (AvgIpc) is 2.47. The third-order valence-electron chi connectivity index (χ3n) is 3.14. The summed E-state index contributed by atoms with van der Waals surface area (Å²) in [5.41, 5.74) is 2.98. The van der Waals surface area contributed by atoms with Crippen LogP contribution in [0.2, 0.25) is 5.02 Å². The monoisotopic (exact) mass is 382 g/mol. The molecule has 108 valence electrons. The Morgan fingerprint density at radius 2 is 1.86 bits per heavy atom. The van der Waals surface area contributed by atoms with E-state index in [9.17, 15) is 0 Å². The zero-order chi connectivity index (χ0) is 15.0. The first kappa shape index (κ1) is 14.8. The molecule has 3 nitrogen and oxygen atoms in total. The van der Waals surface area contributed by atoms with E-state index >= 15 is 0 Å². The van der Waals surface area contributed by atoms with Gasteiger partial charge in [-0.25, -0.2) is 4.99 Å². The van der Waals surface area contributed by atoms with Crippen molar-refractivity contribution in [2.75, 3.05) is 19.0 Å². The van der Waals surface area contributed by atoms with Crippen molar-refractivity contribution < 1.29 is 4.52 Å². The fourth-order valence-corrected chi connectivity index (χ4v) is 4.31. The van der Waals surface area contributed by atoms with Crippen LogP contribution >= 0.6 is 33.9 Å². The van der Waals surface area contributed by atoms with E-state index in [0.717, 1.165) is 22.2 Å². The van der Waals surface area contributed by atoms with Gasteiger partial charge < -0.3 is 9.42 Å². The molecular formula is C15H13BrClN2OP. The highest BCUT2D eigenvalue weighted by Crippen LogP contribution is 2.50. The first-order valence-corrected chi connectivity index (χ1v) is 10.00. The lowest BCUT2D eigenvalue weighted by Gasteiger charge is -2.23. The maximum Gasteiger partial charge on any atom is 0.225 e. The molecule has 0 N–H and O–H groups in total. The van der Waals surface area contributed by atoms with Crippen LogP contribution in [0.3, 0.4) is 0 Å². The maximum absolute atomic E-state index is 5.92. The Balaban J connectivity index is 2.05. The summed E-state index contributed by atoms with van der Waals surface area (Å²) in [7, 11) is 4.03. The summed E-state index contributed by atoms with van der Waals surface area (Å²) < 4.78 is 5.91. The van der Waals surface area contributed by atoms with E-state index < -0.39 is 6.85 Å². The summed E-state index contributed by atoms with van der Waals surface area (Å²) in [5.74, 6) is 0.623. The topological polar surface area (TPSA) is 24.8 Å². The Labute approximate surface area is 138 Å². The van der Waals surface area contributed by atoms with Crippen LogP contribution in [0, 0.1) is 0 Å². The third kappa shape index (κ3) is 3.08. The fourth-order valence-electron chi connectivity index (χ4n) is 1.99. The van der Waals surface area contributed by atoms with E-state index in [1.165, 1.54) is 0 Å². The molecule has 1 atom stereocenters. The van der Waals surface area contributed by atoms with Crippen molar-refractivity contribution >= 4 is 56.5 Å². The van der Waals surface area contributed by atoms with Crippen molar-refractivity contribution in [1.82, 2.24) is 0 Å². The standard InChI is InChI=1S/C15H13BrClN2OP/c1-19(2)12-7-8-14-13(9-12)18-15(20-21(14)16)10-3-5-11(17)6-4-10/h3-9H,1-2H3. The molecule has 0 aromatic heterocycles. The summed E-state index contributed by atoms with van der Waals surface area (Å²) >= 11 is 9.55. The predicted octanol–water partition coefficient (Wildman–Crippen LogP) is 4.85. The van der Waals surface area contributed by atoms with Gasteiger partial charge in [-0.3, -0.25) is 0 Å². The molecule has 6 heteroatoms. The second-order valence-corrected chi connectivity index (χ2v) is 8.35. The van der Waals surface area contributed by atoms with Gasteiger partial charge >= 0.3 is 0 Å². The average molecular weight is 384 g/mol. The predicted molar refractivity (Wildman–Crippen MR) is 95.0 cm³/mol. The number of rotatable bonds is 2. The second-order valence-electron chi connectivity index (χ2n) is 4.83. The lowest BCUT2D eigenvalue weighted by atomic mass is 10.2. The number of halogens is 2. The van der Waals surface area contributed by atoms with Gasteiger partial charge in [0.05, 0.1) is 11.0 Å². The van der Waals surface area contributed by atoms with Gasteiger partial charge in [-0.2, -0.15) is 0 Å². The quantitative estimate of drug-likeness (QED) is 0.693. The molecule has 3 rings (SSSR count). The van der Waals surface area contributed by atoms with Crippen molar-refractivity contribution in [3.8, 4) is 0 Å². The van der Waals surface area contributed by atoms with E-state index in [-0.39, 0.29) is 0 Å². The smallest absolute Gasteiger partial charge is 0.225 e. The Morgan fingerprint density at radius 1 is 1.14 bits per heavy atom. The summed E-state index contributed by atoms with van der Waals surface area (Å²) in [6, 6.07) is 13.7. The molecule has 0 spiro atoms. The zero-order valence-corrected chi connectivity index (χ0v) is 14.8. The van der Waals surface area contributed by atoms with E-state index in [1.54, 1.807) is 0 Å². The van der Waals surface area contributed by atoms with Gasteiger partial charge in [-0.05, 0) is 58.0 Å². The normalized spacial score (nSPS) is 16.8. The number of benzene rings is 2. The molecular weight excluding hydrogens is 371 g/mol. The number of hydrogen-bond acceptors (Lipinski definition) is 3. The minimum absolute atomic E-state index is 0.623. The van der Waals surface area contributed by atoms with Crippen molar-refractivity contribution in [1.29, 1.82) is 0 Å². The molecule has 0 bridgehead atoms. The largest absolute Gasteiger partial charge is 0.439 e. The number of fused-ring (bicyclic) bond motifs is 1. The van der Waals surface area contributed by atoms with Gasteiger partial charge in [0.1, 0.15) is 0 Å². The lowest BCUT2D eigenvalue weighted by molar-refractivity contribution is 0.632. The van der Waals surface area contributed by atoms with E-state index in [4.69, 9.17) is 16.1 Å². The third-order valence-corrected chi connectivity index (χ3v) is 6.07. The van der Waals surface area contributed by atoms with Crippen molar-refractivity contribution in [3.63, 3.8) is 0 Å². The van der Waals surface area contributed by atoms with Gasteiger partial charge in [-0.1, -0.05) is 11.6 Å². The summed E-state index contributed by atoms with van der Waals surface area (Å²) in [4.78, 5) is 6.71. The molecule has 0 saturated carbocycles. The Hall–Kier alpha value is -1.09. The van der Waals surface area contributed by atoms with Crippen LogP contribution in [0.5, 0.6) is 0 Å². The summed E-state index contributed by atoms with van der Waals surface area (Å²) in [6.45, 7) is -0.880. The van der Waals surface area contributed by atoms with Crippen LogP contribution in [-0.4, -0.2) is 20.0 Å². The van der Waals surface area contributed by atoms with Gasteiger partial charge in [-0.15, -0.1) is 0 Å². The highest BCUT2D eigenvalue weighted by molar-refractivity contribution is 9.39. The molecule has 21 heavy (non-hydrogen) atoms. The Bertz CT molecular complexity index is 703. The van der Waals surface area contributed by atoms with Crippen LogP contribution < -0.4 is 10.2 Å². The molecule has 2 aromatic carbocycles. The number of hydrogen-bond donors (Lipinski definition) is 0. The van der Waals surface area contributed by atoms with Crippen LogP contribution in [0.1, 0.15) is 5.56 Å². The van der Waals surface area contributed by atoms with Gasteiger partial charge in [0, 0.05) is 30.4 Å². The molecule has 0 amide bonds. The van der Waals surface area contributed by atoms with E-state index in [1.807, 2.05) is 38.4 Å². The SMILES string of the molecule is CN(C)c1ccc2c(c1)N=C(c1ccc(Cl)cc1)OP2Br. The maximum atomic E-state index is 5.92. The van der Waals surface area contributed by atoms with E-state index in [2.05, 4.69) is 43.6 Å². The van der Waals surface area contributed by atoms with Gasteiger partial charge in [0.25, 0.3) is 0 Å². The highest BCUT2D eigenvalue weighted by atomic mass is 79.9. The van der Waals surface area contributed by atoms with Gasteiger partial charge in [0.15, 0.2) is 6.85 Å². The number of aliphatic imine (C=N–C) groups is 1. The number of nitrogens with zero attached hydrogens (tertiary/aromatic N) is 2. The first-order chi connectivity index (χ1) is 10.0. The Kier molecular flexibility index (Phi) is 4.21. The second kappa shape index (κ2) is 5.96. The summed E-state index contributed by atoms with van der Waals surface area (Å²) in [6.07, 6.45) is 0. The lowest BCUT2D eigenvalue weighted by Crippen LogP contribution is -2.15. The molecule has 0 radical (unpaired) electrons. The van der Waals surface area contributed by atoms with Crippen LogP contribution in [0.25, 0.3) is 0 Å². The van der Waals surface area contributed by atoms with Crippen LogP contribution in [0.15, 0.2) is 47.5 Å². The fraction of sp³-hybridized carbons (Fsp3) is 0.133. The molecule has 1 heterocycles. The first-order valence-electron chi connectivity index (χ1n) is 6.34. The minimum Gasteiger partial charge on any atom is -0.439 e. The Morgan fingerprint density at radius 3 is 2.52 bits per heavy atom. The summed E-state index contributed by atoms with van der Waals surface area (Å²) in [5, 5.41) is 1.79. The molecule has 0 aliphatic carbocycles. The molecule has 1 aliphatic rings. The molecule has 0 fully saturated rings. The zero-order valence-electron chi connectivity index (χ0n) is 11.5. The molecule has 2 aromatic rings. The van der Waals surface area contributed by atoms with Crippen LogP contribution in [-0.2, 0) is 4.52 Å². The van der Waals surface area contributed by atoms with Crippen LogP contribution in [0.4, 0.5) is 11.4 Å². The van der Waals surface area contributed by atoms with E-state index in [0.29, 0.717) is 10.9 Å². The van der Waals surface area contributed by atoms with Crippen molar-refractivity contribution in [2.45, 2.75) is 0 Å². The molecule has 0 saturated heterocycles. The molecule has 1 unspecified atom stereocenters. The highest BCUT2D eigenvalue weighted by Gasteiger charge is 2.23. The molecule has 1 aliphatic heterocycles. The number of anilines is 1. The van der Waals surface area contributed by atoms with Crippen molar-refractivity contribution in [2.24, 2.45) is 4.99 Å². The van der Waals surface area contributed by atoms with Crippen molar-refractivity contribution in [3.05, 3.63) is 53.1 Å². The minimum atomic E-state index is -0.880.